The van der Waals surface area contributed by atoms with Gasteiger partial charge in [0.1, 0.15) is 11.3 Å². The Kier molecular flexibility index (Phi) is 3.99. The van der Waals surface area contributed by atoms with Crippen LogP contribution in [0.3, 0.4) is 0 Å². The van der Waals surface area contributed by atoms with Crippen molar-refractivity contribution in [2.45, 2.75) is 13.3 Å². The lowest BCUT2D eigenvalue weighted by molar-refractivity contribution is -0.147. The molecule has 0 aliphatic carbocycles. The van der Waals surface area contributed by atoms with Crippen molar-refractivity contribution in [2.75, 3.05) is 13.2 Å². The maximum Gasteiger partial charge on any atom is 0.310 e. The van der Waals surface area contributed by atoms with Gasteiger partial charge in [0.05, 0.1) is 12.5 Å². The number of ether oxygens (including phenoxy) is 1. The van der Waals surface area contributed by atoms with E-state index in [2.05, 4.69) is 0 Å². The van der Waals surface area contributed by atoms with Gasteiger partial charge in [-0.2, -0.15) is 0 Å². The molecule has 0 spiro atoms. The molecular weight excluding hydrogens is 230 g/mol. The van der Waals surface area contributed by atoms with Crippen LogP contribution in [0.5, 0.6) is 0 Å². The molecular formula is C14H17NO3. The Labute approximate surface area is 106 Å². The van der Waals surface area contributed by atoms with Gasteiger partial charge in [-0.1, -0.05) is 18.2 Å². The second-order valence-corrected chi connectivity index (χ2v) is 4.14. The van der Waals surface area contributed by atoms with Crippen LogP contribution in [-0.4, -0.2) is 19.1 Å². The van der Waals surface area contributed by atoms with Crippen LogP contribution in [0.1, 0.15) is 12.7 Å². The summed E-state index contributed by atoms with van der Waals surface area (Å²) in [5.74, 6) is 0.158. The fraction of sp³-hybridized carbons (Fsp3) is 0.357. The zero-order valence-electron chi connectivity index (χ0n) is 10.4. The largest absolute Gasteiger partial charge is 0.466 e. The minimum Gasteiger partial charge on any atom is -0.466 e. The van der Waals surface area contributed by atoms with E-state index in [1.807, 2.05) is 30.3 Å². The topological polar surface area (TPSA) is 65.5 Å². The maximum atomic E-state index is 11.6. The van der Waals surface area contributed by atoms with E-state index in [4.69, 9.17) is 14.9 Å². The number of hydrogen-bond donors (Lipinski definition) is 1. The molecule has 0 aliphatic rings. The van der Waals surface area contributed by atoms with Gasteiger partial charge < -0.3 is 14.9 Å². The van der Waals surface area contributed by atoms with Crippen LogP contribution in [0.25, 0.3) is 11.0 Å². The van der Waals surface area contributed by atoms with Crippen molar-refractivity contribution in [3.8, 4) is 0 Å². The van der Waals surface area contributed by atoms with Gasteiger partial charge in [0.2, 0.25) is 0 Å². The molecule has 0 fully saturated rings. The summed E-state index contributed by atoms with van der Waals surface area (Å²) in [6.07, 6.45) is 0.476. The van der Waals surface area contributed by atoms with Crippen LogP contribution in [-0.2, 0) is 16.0 Å². The van der Waals surface area contributed by atoms with Crippen LogP contribution in [0.4, 0.5) is 0 Å². The van der Waals surface area contributed by atoms with Gasteiger partial charge in [0, 0.05) is 18.4 Å². The second kappa shape index (κ2) is 5.69. The second-order valence-electron chi connectivity index (χ2n) is 4.14. The van der Waals surface area contributed by atoms with E-state index in [0.29, 0.717) is 13.0 Å². The number of hydrogen-bond acceptors (Lipinski definition) is 4. The van der Waals surface area contributed by atoms with Crippen molar-refractivity contribution in [2.24, 2.45) is 11.7 Å². The summed E-state index contributed by atoms with van der Waals surface area (Å²) in [5.41, 5.74) is 6.43. The predicted octanol–water partition coefficient (Wildman–Crippen LogP) is 2.11. The summed E-state index contributed by atoms with van der Waals surface area (Å²) < 4.78 is 10.6. The molecule has 1 aromatic heterocycles. The molecule has 2 rings (SSSR count). The summed E-state index contributed by atoms with van der Waals surface area (Å²) >= 11 is 0. The number of carbonyl (C=O) groups is 1. The SMILES string of the molecule is CCOC(=O)C(CN)Cc1cc2ccccc2o1. The maximum absolute atomic E-state index is 11.6. The predicted molar refractivity (Wildman–Crippen MR) is 69.1 cm³/mol. The van der Waals surface area contributed by atoms with Gasteiger partial charge in [0.25, 0.3) is 0 Å². The molecule has 4 heteroatoms. The molecule has 0 amide bonds. The third kappa shape index (κ3) is 2.71. The smallest absolute Gasteiger partial charge is 0.310 e. The highest BCUT2D eigenvalue weighted by atomic mass is 16.5. The first-order valence-electron chi connectivity index (χ1n) is 6.08. The van der Waals surface area contributed by atoms with Crippen LogP contribution in [0.15, 0.2) is 34.7 Å². The third-order valence-corrected chi connectivity index (χ3v) is 2.83. The van der Waals surface area contributed by atoms with Crippen LogP contribution in [0.2, 0.25) is 0 Å². The standard InChI is InChI=1S/C14H17NO3/c1-2-17-14(16)11(9-15)8-12-7-10-5-3-4-6-13(10)18-12/h3-7,11H,2,8-9,15H2,1H3. The Morgan fingerprint density at radius 2 is 2.22 bits per heavy atom. The molecule has 96 valence electrons. The molecule has 0 saturated heterocycles. The van der Waals surface area contributed by atoms with E-state index in [9.17, 15) is 4.79 Å². The third-order valence-electron chi connectivity index (χ3n) is 2.83. The van der Waals surface area contributed by atoms with Gasteiger partial charge in [0.15, 0.2) is 0 Å². The van der Waals surface area contributed by atoms with Gasteiger partial charge in [-0.15, -0.1) is 0 Å². The first kappa shape index (κ1) is 12.6. The average Bonchev–Trinajstić information content (AvgIpc) is 2.78. The molecule has 1 unspecified atom stereocenters. The number of esters is 1. The number of benzene rings is 1. The highest BCUT2D eigenvalue weighted by Crippen LogP contribution is 2.21. The van der Waals surface area contributed by atoms with Crippen molar-refractivity contribution < 1.29 is 13.9 Å². The highest BCUT2D eigenvalue weighted by Gasteiger charge is 2.20. The summed E-state index contributed by atoms with van der Waals surface area (Å²) in [5, 5.41) is 1.03. The molecule has 18 heavy (non-hydrogen) atoms. The Hall–Kier alpha value is -1.81. The number of fused-ring (bicyclic) bond motifs is 1. The summed E-state index contributed by atoms with van der Waals surface area (Å²) in [7, 11) is 0. The molecule has 1 aromatic carbocycles. The molecule has 4 nitrogen and oxygen atoms in total. The number of nitrogens with two attached hydrogens (primary N) is 1. The summed E-state index contributed by atoms with van der Waals surface area (Å²) in [4.78, 5) is 11.6. The Morgan fingerprint density at radius 1 is 1.44 bits per heavy atom. The van der Waals surface area contributed by atoms with Crippen molar-refractivity contribution in [1.82, 2.24) is 0 Å². The molecule has 0 aliphatic heterocycles. The first-order chi connectivity index (χ1) is 8.74. The normalized spacial score (nSPS) is 12.6. The number of furan rings is 1. The number of carbonyl (C=O) groups excluding carboxylic acids is 1. The zero-order valence-corrected chi connectivity index (χ0v) is 10.4. The first-order valence-corrected chi connectivity index (χ1v) is 6.08. The van der Waals surface area contributed by atoms with Crippen molar-refractivity contribution in [3.63, 3.8) is 0 Å². The average molecular weight is 247 g/mol. The minimum absolute atomic E-state index is 0.260. The van der Waals surface area contributed by atoms with Gasteiger partial charge in [-0.25, -0.2) is 0 Å². The number of para-hydroxylation sites is 1. The lowest BCUT2D eigenvalue weighted by Gasteiger charge is -2.11. The fourth-order valence-electron chi connectivity index (χ4n) is 1.90. The lowest BCUT2D eigenvalue weighted by Crippen LogP contribution is -2.27. The molecule has 0 radical (unpaired) electrons. The van der Waals surface area contributed by atoms with E-state index in [-0.39, 0.29) is 18.4 Å². The van der Waals surface area contributed by atoms with Gasteiger partial charge in [-0.05, 0) is 19.1 Å². The Bertz CT molecular complexity index is 500. The molecule has 2 aromatic rings. The minimum atomic E-state index is -0.342. The summed E-state index contributed by atoms with van der Waals surface area (Å²) in [6.45, 7) is 2.41. The van der Waals surface area contributed by atoms with Crippen LogP contribution in [0, 0.1) is 5.92 Å². The van der Waals surface area contributed by atoms with Crippen LogP contribution < -0.4 is 5.73 Å². The molecule has 1 heterocycles. The van der Waals surface area contributed by atoms with E-state index >= 15 is 0 Å². The van der Waals surface area contributed by atoms with Gasteiger partial charge in [-0.3, -0.25) is 4.79 Å². The fourth-order valence-corrected chi connectivity index (χ4v) is 1.90. The quantitative estimate of drug-likeness (QED) is 0.822. The molecule has 0 bridgehead atoms. The Balaban J connectivity index is 2.13. The molecule has 2 N–H and O–H groups in total. The monoisotopic (exact) mass is 247 g/mol. The van der Waals surface area contributed by atoms with E-state index in [1.54, 1.807) is 6.92 Å². The van der Waals surface area contributed by atoms with Crippen molar-refractivity contribution >= 4 is 16.9 Å². The van der Waals surface area contributed by atoms with Gasteiger partial charge >= 0.3 is 5.97 Å². The Morgan fingerprint density at radius 3 is 2.89 bits per heavy atom. The van der Waals surface area contributed by atoms with E-state index in [0.717, 1.165) is 16.7 Å². The van der Waals surface area contributed by atoms with Crippen molar-refractivity contribution in [1.29, 1.82) is 0 Å². The van der Waals surface area contributed by atoms with Crippen molar-refractivity contribution in [3.05, 3.63) is 36.1 Å². The van der Waals surface area contributed by atoms with Crippen LogP contribution >= 0.6 is 0 Å². The number of rotatable bonds is 5. The summed E-state index contributed by atoms with van der Waals surface area (Å²) in [6, 6.07) is 9.69. The van der Waals surface area contributed by atoms with E-state index in [1.165, 1.54) is 0 Å². The molecule has 1 atom stereocenters. The van der Waals surface area contributed by atoms with E-state index < -0.39 is 0 Å². The molecule has 0 saturated carbocycles. The lowest BCUT2D eigenvalue weighted by atomic mass is 10.0. The highest BCUT2D eigenvalue weighted by molar-refractivity contribution is 5.78. The zero-order chi connectivity index (χ0) is 13.0.